The SMILES string of the molecule is Cc1ccc(C2CC(C(=O)NCc3csc(-c4cnccn4)n3)NN2)o1. The van der Waals surface area contributed by atoms with Gasteiger partial charge in [-0.15, -0.1) is 11.3 Å². The molecule has 0 aromatic carbocycles. The molecule has 3 aromatic heterocycles. The number of hydrogen-bond donors (Lipinski definition) is 3. The van der Waals surface area contributed by atoms with Gasteiger partial charge < -0.3 is 9.73 Å². The van der Waals surface area contributed by atoms with Gasteiger partial charge in [0.15, 0.2) is 0 Å². The van der Waals surface area contributed by atoms with Crippen molar-refractivity contribution in [2.45, 2.75) is 32.0 Å². The first-order valence-electron chi connectivity index (χ1n) is 8.25. The van der Waals surface area contributed by atoms with Gasteiger partial charge in [-0.2, -0.15) is 0 Å². The molecule has 1 saturated heterocycles. The number of carbonyl (C=O) groups is 1. The van der Waals surface area contributed by atoms with Crippen molar-refractivity contribution in [2.24, 2.45) is 0 Å². The molecule has 0 saturated carbocycles. The Hall–Kier alpha value is -2.62. The average molecular weight is 370 g/mol. The Labute approximate surface area is 154 Å². The number of carbonyl (C=O) groups excluding carboxylic acids is 1. The second-order valence-corrected chi connectivity index (χ2v) is 6.89. The van der Waals surface area contributed by atoms with Gasteiger partial charge in [0.2, 0.25) is 5.91 Å². The summed E-state index contributed by atoms with van der Waals surface area (Å²) in [6, 6.07) is 3.52. The van der Waals surface area contributed by atoms with Crippen LogP contribution in [-0.4, -0.2) is 26.9 Å². The quantitative estimate of drug-likeness (QED) is 0.628. The monoisotopic (exact) mass is 370 g/mol. The van der Waals surface area contributed by atoms with Gasteiger partial charge in [-0.25, -0.2) is 15.8 Å². The lowest BCUT2D eigenvalue weighted by Crippen LogP contribution is -2.42. The van der Waals surface area contributed by atoms with E-state index >= 15 is 0 Å². The zero-order chi connectivity index (χ0) is 17.9. The van der Waals surface area contributed by atoms with Crippen molar-refractivity contribution in [3.05, 3.63) is 53.3 Å². The molecule has 1 aliphatic rings. The van der Waals surface area contributed by atoms with Crippen LogP contribution in [0.3, 0.4) is 0 Å². The lowest BCUT2D eigenvalue weighted by atomic mass is 10.1. The van der Waals surface area contributed by atoms with Crippen molar-refractivity contribution in [3.8, 4) is 10.7 Å². The van der Waals surface area contributed by atoms with E-state index in [-0.39, 0.29) is 18.0 Å². The highest BCUT2D eigenvalue weighted by molar-refractivity contribution is 7.13. The van der Waals surface area contributed by atoms with Crippen LogP contribution in [0.2, 0.25) is 0 Å². The molecule has 1 aliphatic heterocycles. The molecule has 4 rings (SSSR count). The van der Waals surface area contributed by atoms with Crippen molar-refractivity contribution < 1.29 is 9.21 Å². The van der Waals surface area contributed by atoms with Gasteiger partial charge >= 0.3 is 0 Å². The zero-order valence-corrected chi connectivity index (χ0v) is 14.9. The fourth-order valence-electron chi connectivity index (χ4n) is 2.77. The van der Waals surface area contributed by atoms with Gasteiger partial charge in [0, 0.05) is 17.8 Å². The van der Waals surface area contributed by atoms with Crippen molar-refractivity contribution >= 4 is 17.2 Å². The number of amides is 1. The Kier molecular flexibility index (Phi) is 4.74. The maximum atomic E-state index is 12.4. The number of aryl methyl sites for hydroxylation is 1. The van der Waals surface area contributed by atoms with E-state index in [0.717, 1.165) is 27.9 Å². The second-order valence-electron chi connectivity index (χ2n) is 6.03. The first-order chi connectivity index (χ1) is 12.7. The van der Waals surface area contributed by atoms with Gasteiger partial charge in [-0.1, -0.05) is 0 Å². The first kappa shape index (κ1) is 16.8. The molecule has 134 valence electrons. The number of aromatic nitrogens is 3. The fourth-order valence-corrected chi connectivity index (χ4v) is 3.55. The number of thiazole rings is 1. The van der Waals surface area contributed by atoms with E-state index < -0.39 is 0 Å². The molecule has 3 aromatic rings. The summed E-state index contributed by atoms with van der Waals surface area (Å²) in [6.45, 7) is 2.28. The minimum atomic E-state index is -0.316. The summed E-state index contributed by atoms with van der Waals surface area (Å²) in [7, 11) is 0. The molecule has 1 amide bonds. The molecule has 1 fully saturated rings. The van der Waals surface area contributed by atoms with Crippen LogP contribution in [0.1, 0.15) is 29.7 Å². The molecule has 0 bridgehead atoms. The fraction of sp³-hybridized carbons (Fsp3) is 0.294. The molecule has 9 heteroatoms. The van der Waals surface area contributed by atoms with Crippen LogP contribution in [0, 0.1) is 6.92 Å². The Morgan fingerprint density at radius 1 is 1.38 bits per heavy atom. The number of nitrogens with zero attached hydrogens (tertiary/aromatic N) is 3. The molecule has 26 heavy (non-hydrogen) atoms. The number of furan rings is 1. The topological polar surface area (TPSA) is 105 Å². The van der Waals surface area contributed by atoms with Crippen molar-refractivity contribution in [1.82, 2.24) is 31.1 Å². The molecule has 2 unspecified atom stereocenters. The largest absolute Gasteiger partial charge is 0.465 e. The zero-order valence-electron chi connectivity index (χ0n) is 14.1. The first-order valence-corrected chi connectivity index (χ1v) is 9.13. The number of hydrazine groups is 1. The van der Waals surface area contributed by atoms with Crippen LogP contribution in [0.4, 0.5) is 0 Å². The minimum Gasteiger partial charge on any atom is -0.465 e. The number of hydrogen-bond acceptors (Lipinski definition) is 8. The molecular formula is C17H18N6O2S. The van der Waals surface area contributed by atoms with E-state index in [0.29, 0.717) is 13.0 Å². The summed E-state index contributed by atoms with van der Waals surface area (Å²) < 4.78 is 5.62. The summed E-state index contributed by atoms with van der Waals surface area (Å²) >= 11 is 1.48. The average Bonchev–Trinajstić information content (AvgIpc) is 3.40. The third-order valence-electron chi connectivity index (χ3n) is 4.10. The van der Waals surface area contributed by atoms with E-state index in [2.05, 4.69) is 31.1 Å². The summed E-state index contributed by atoms with van der Waals surface area (Å²) in [5.74, 6) is 1.62. The third-order valence-corrected chi connectivity index (χ3v) is 5.02. The third kappa shape index (κ3) is 3.64. The molecule has 8 nitrogen and oxygen atoms in total. The molecule has 0 aliphatic carbocycles. The Bertz CT molecular complexity index is 894. The summed E-state index contributed by atoms with van der Waals surface area (Å²) in [5.41, 5.74) is 7.66. The second kappa shape index (κ2) is 7.32. The smallest absolute Gasteiger partial charge is 0.238 e. The maximum absolute atomic E-state index is 12.4. The number of rotatable bonds is 5. The highest BCUT2D eigenvalue weighted by Crippen LogP contribution is 2.24. The summed E-state index contributed by atoms with van der Waals surface area (Å²) in [5, 5.41) is 5.62. The van der Waals surface area contributed by atoms with Crippen molar-refractivity contribution in [3.63, 3.8) is 0 Å². The normalized spacial score (nSPS) is 19.6. The van der Waals surface area contributed by atoms with Gasteiger partial charge in [0.25, 0.3) is 0 Å². The van der Waals surface area contributed by atoms with Crippen molar-refractivity contribution in [2.75, 3.05) is 0 Å². The van der Waals surface area contributed by atoms with Crippen molar-refractivity contribution in [1.29, 1.82) is 0 Å². The molecule has 0 radical (unpaired) electrons. The highest BCUT2D eigenvalue weighted by Gasteiger charge is 2.31. The summed E-state index contributed by atoms with van der Waals surface area (Å²) in [4.78, 5) is 25.2. The van der Waals surface area contributed by atoms with E-state index in [4.69, 9.17) is 4.42 Å². The van der Waals surface area contributed by atoms with Gasteiger partial charge in [-0.3, -0.25) is 14.8 Å². The standard InChI is InChI=1S/C17H18N6O2S/c1-10-2-3-15(25-10)12-6-13(23-22-12)16(24)20-7-11-9-26-17(21-11)14-8-18-4-5-19-14/h2-5,8-9,12-13,22-23H,6-7H2,1H3,(H,20,24). The van der Waals surface area contributed by atoms with Gasteiger partial charge in [0.05, 0.1) is 24.5 Å². The lowest BCUT2D eigenvalue weighted by molar-refractivity contribution is -0.123. The van der Waals surface area contributed by atoms with Crippen LogP contribution >= 0.6 is 11.3 Å². The minimum absolute atomic E-state index is 0.0121. The number of nitrogens with one attached hydrogen (secondary N) is 3. The molecule has 2 atom stereocenters. The van der Waals surface area contributed by atoms with Crippen LogP contribution in [0.25, 0.3) is 10.7 Å². The van der Waals surface area contributed by atoms with Gasteiger partial charge in [0.1, 0.15) is 28.3 Å². The van der Waals surface area contributed by atoms with Crippen LogP contribution in [-0.2, 0) is 11.3 Å². The highest BCUT2D eigenvalue weighted by atomic mass is 32.1. The molecule has 4 heterocycles. The summed E-state index contributed by atoms with van der Waals surface area (Å²) in [6.07, 6.45) is 5.55. The maximum Gasteiger partial charge on any atom is 0.238 e. The van der Waals surface area contributed by atoms with E-state index in [1.54, 1.807) is 18.6 Å². The molecule has 0 spiro atoms. The Morgan fingerprint density at radius 2 is 2.31 bits per heavy atom. The lowest BCUT2D eigenvalue weighted by Gasteiger charge is -2.09. The van der Waals surface area contributed by atoms with Crippen LogP contribution in [0.5, 0.6) is 0 Å². The predicted molar refractivity (Wildman–Crippen MR) is 95.8 cm³/mol. The van der Waals surface area contributed by atoms with Gasteiger partial charge in [-0.05, 0) is 25.5 Å². The van der Waals surface area contributed by atoms with Crippen LogP contribution < -0.4 is 16.2 Å². The molecule has 3 N–H and O–H groups in total. The molecular weight excluding hydrogens is 352 g/mol. The van der Waals surface area contributed by atoms with E-state index in [1.165, 1.54) is 11.3 Å². The Balaban J connectivity index is 1.31. The van der Waals surface area contributed by atoms with Crippen LogP contribution in [0.15, 0.2) is 40.5 Å². The van der Waals surface area contributed by atoms with E-state index in [1.807, 2.05) is 24.4 Å². The Morgan fingerprint density at radius 3 is 3.08 bits per heavy atom. The predicted octanol–water partition coefficient (Wildman–Crippen LogP) is 1.73. The van der Waals surface area contributed by atoms with E-state index in [9.17, 15) is 4.79 Å².